The Kier molecular flexibility index (Phi) is 3.75. The normalized spacial score (nSPS) is 15.3. The van der Waals surface area contributed by atoms with Gasteiger partial charge in [-0.2, -0.15) is 0 Å². The molecule has 3 rings (SSSR count). The lowest BCUT2D eigenvalue weighted by atomic mass is 9.81. The Morgan fingerprint density at radius 3 is 1.86 bits per heavy atom. The number of anilines is 2. The van der Waals surface area contributed by atoms with Crippen molar-refractivity contribution in [3.8, 4) is 0 Å². The van der Waals surface area contributed by atoms with E-state index in [9.17, 15) is 0 Å². The number of fused-ring (bicyclic) bond motifs is 2. The van der Waals surface area contributed by atoms with E-state index in [1.165, 1.54) is 21.2 Å². The zero-order valence-corrected chi connectivity index (χ0v) is 14.1. The van der Waals surface area contributed by atoms with Crippen LogP contribution in [-0.2, 0) is 0 Å². The molecule has 0 aliphatic carbocycles. The molecule has 2 aromatic rings. The van der Waals surface area contributed by atoms with Gasteiger partial charge in [0.1, 0.15) is 0 Å². The molecule has 2 heteroatoms. The first-order valence-electron chi connectivity index (χ1n) is 7.60. The highest BCUT2D eigenvalue weighted by molar-refractivity contribution is 7.99. The average molecular weight is 297 g/mol. The first kappa shape index (κ1) is 14.5. The van der Waals surface area contributed by atoms with E-state index in [2.05, 4.69) is 81.1 Å². The van der Waals surface area contributed by atoms with Crippen LogP contribution in [0.5, 0.6) is 0 Å². The Morgan fingerprint density at radius 1 is 0.905 bits per heavy atom. The smallest absolute Gasteiger partial charge is 0.0552 e. The van der Waals surface area contributed by atoms with Crippen LogP contribution in [0.25, 0.3) is 0 Å². The van der Waals surface area contributed by atoms with Crippen LogP contribution in [0.3, 0.4) is 0 Å². The van der Waals surface area contributed by atoms with Gasteiger partial charge in [0.15, 0.2) is 0 Å². The van der Waals surface area contributed by atoms with Crippen molar-refractivity contribution in [2.45, 2.75) is 37.5 Å². The number of rotatable bonds is 2. The van der Waals surface area contributed by atoms with E-state index in [4.69, 9.17) is 0 Å². The maximum Gasteiger partial charge on any atom is 0.0552 e. The highest BCUT2D eigenvalue weighted by Crippen LogP contribution is 2.48. The fourth-order valence-electron chi connectivity index (χ4n) is 2.53. The van der Waals surface area contributed by atoms with Crippen molar-refractivity contribution in [2.24, 2.45) is 11.3 Å². The third kappa shape index (κ3) is 2.82. The molecule has 0 saturated heterocycles. The minimum absolute atomic E-state index is 0.314. The lowest BCUT2D eigenvalue weighted by molar-refractivity contribution is 0.268. The molecule has 0 bridgehead atoms. The molecule has 21 heavy (non-hydrogen) atoms. The molecule has 1 aliphatic rings. The SMILES string of the molecule is CC(CN1c2ccccc2Sc2ccccc21)C(C)(C)C. The summed E-state index contributed by atoms with van der Waals surface area (Å²) in [5, 5.41) is 0. The lowest BCUT2D eigenvalue weighted by Gasteiger charge is -2.38. The summed E-state index contributed by atoms with van der Waals surface area (Å²) in [5.41, 5.74) is 3.00. The summed E-state index contributed by atoms with van der Waals surface area (Å²) < 4.78 is 0. The van der Waals surface area contributed by atoms with Gasteiger partial charge < -0.3 is 4.90 Å². The molecular weight excluding hydrogens is 274 g/mol. The fraction of sp³-hybridized carbons (Fsp3) is 0.368. The van der Waals surface area contributed by atoms with Crippen molar-refractivity contribution in [2.75, 3.05) is 11.4 Å². The van der Waals surface area contributed by atoms with E-state index in [1.54, 1.807) is 0 Å². The summed E-state index contributed by atoms with van der Waals surface area (Å²) in [6, 6.07) is 17.5. The summed E-state index contributed by atoms with van der Waals surface area (Å²) >= 11 is 1.88. The zero-order valence-electron chi connectivity index (χ0n) is 13.3. The van der Waals surface area contributed by atoms with E-state index in [-0.39, 0.29) is 0 Å². The molecule has 0 amide bonds. The van der Waals surface area contributed by atoms with Gasteiger partial charge in [0.2, 0.25) is 0 Å². The minimum atomic E-state index is 0.314. The van der Waals surface area contributed by atoms with Gasteiger partial charge in [0.05, 0.1) is 11.4 Å². The highest BCUT2D eigenvalue weighted by Gasteiger charge is 2.28. The van der Waals surface area contributed by atoms with Gasteiger partial charge in [0, 0.05) is 16.3 Å². The first-order valence-corrected chi connectivity index (χ1v) is 8.42. The molecular formula is C19H23NS. The van der Waals surface area contributed by atoms with Crippen LogP contribution in [0.1, 0.15) is 27.7 Å². The summed E-state index contributed by atoms with van der Waals surface area (Å²) in [6.07, 6.45) is 0. The van der Waals surface area contributed by atoms with Gasteiger partial charge in [-0.25, -0.2) is 0 Å². The molecule has 0 spiro atoms. The summed E-state index contributed by atoms with van der Waals surface area (Å²) in [7, 11) is 0. The van der Waals surface area contributed by atoms with Crippen molar-refractivity contribution in [3.05, 3.63) is 48.5 Å². The number of para-hydroxylation sites is 2. The third-order valence-electron chi connectivity index (χ3n) is 4.47. The second-order valence-electron chi connectivity index (χ2n) is 6.92. The van der Waals surface area contributed by atoms with Crippen LogP contribution in [0.4, 0.5) is 11.4 Å². The molecule has 0 aromatic heterocycles. The highest BCUT2D eigenvalue weighted by atomic mass is 32.2. The summed E-state index contributed by atoms with van der Waals surface area (Å²) in [4.78, 5) is 5.21. The van der Waals surface area contributed by atoms with Crippen molar-refractivity contribution in [3.63, 3.8) is 0 Å². The Labute approximate surface area is 132 Å². The molecule has 2 aromatic carbocycles. The average Bonchev–Trinajstić information content (AvgIpc) is 2.46. The van der Waals surface area contributed by atoms with Gasteiger partial charge in [-0.05, 0) is 35.6 Å². The van der Waals surface area contributed by atoms with Gasteiger partial charge in [-0.1, -0.05) is 63.7 Å². The van der Waals surface area contributed by atoms with E-state index < -0.39 is 0 Å². The number of benzene rings is 2. The van der Waals surface area contributed by atoms with Gasteiger partial charge in [-0.3, -0.25) is 0 Å². The standard InChI is InChI=1S/C19H23NS/c1-14(19(2,3)4)13-20-15-9-5-7-11-17(15)21-18-12-8-6-10-16(18)20/h5-12,14H,13H2,1-4H3. The summed E-state index contributed by atoms with van der Waals surface area (Å²) in [6.45, 7) is 10.4. The molecule has 0 N–H and O–H groups in total. The molecule has 1 heterocycles. The van der Waals surface area contributed by atoms with Crippen LogP contribution in [0, 0.1) is 11.3 Å². The topological polar surface area (TPSA) is 3.24 Å². The van der Waals surface area contributed by atoms with Crippen molar-refractivity contribution >= 4 is 23.1 Å². The van der Waals surface area contributed by atoms with Crippen molar-refractivity contribution < 1.29 is 0 Å². The Morgan fingerprint density at radius 2 is 1.38 bits per heavy atom. The second-order valence-corrected chi connectivity index (χ2v) is 8.00. The monoisotopic (exact) mass is 297 g/mol. The molecule has 1 nitrogen and oxygen atoms in total. The van der Waals surface area contributed by atoms with Crippen LogP contribution in [0.15, 0.2) is 58.3 Å². The van der Waals surface area contributed by atoms with Crippen molar-refractivity contribution in [1.29, 1.82) is 0 Å². The maximum atomic E-state index is 2.50. The van der Waals surface area contributed by atoms with E-state index >= 15 is 0 Å². The van der Waals surface area contributed by atoms with Crippen LogP contribution in [-0.4, -0.2) is 6.54 Å². The predicted octanol–water partition coefficient (Wildman–Crippen LogP) is 5.97. The third-order valence-corrected chi connectivity index (χ3v) is 5.60. The maximum absolute atomic E-state index is 2.50. The Hall–Kier alpha value is -1.41. The summed E-state index contributed by atoms with van der Waals surface area (Å²) in [5.74, 6) is 0.613. The van der Waals surface area contributed by atoms with Gasteiger partial charge in [-0.15, -0.1) is 0 Å². The van der Waals surface area contributed by atoms with E-state index in [0.29, 0.717) is 11.3 Å². The van der Waals surface area contributed by atoms with Crippen molar-refractivity contribution in [1.82, 2.24) is 0 Å². The van der Waals surface area contributed by atoms with Crippen LogP contribution >= 0.6 is 11.8 Å². The molecule has 1 unspecified atom stereocenters. The number of hydrogen-bond donors (Lipinski definition) is 0. The lowest BCUT2D eigenvalue weighted by Crippen LogP contribution is -2.32. The molecule has 0 radical (unpaired) electrons. The van der Waals surface area contributed by atoms with E-state index in [0.717, 1.165) is 6.54 Å². The molecule has 0 fully saturated rings. The predicted molar refractivity (Wildman–Crippen MR) is 92.6 cm³/mol. The fourth-order valence-corrected chi connectivity index (χ4v) is 3.62. The minimum Gasteiger partial charge on any atom is -0.339 e. The Balaban J connectivity index is 2.03. The first-order chi connectivity index (χ1) is 9.97. The Bertz CT molecular complexity index is 597. The number of nitrogens with zero attached hydrogens (tertiary/aromatic N) is 1. The molecule has 0 saturated carbocycles. The van der Waals surface area contributed by atoms with Crippen LogP contribution < -0.4 is 4.90 Å². The van der Waals surface area contributed by atoms with Gasteiger partial charge in [0.25, 0.3) is 0 Å². The van der Waals surface area contributed by atoms with Gasteiger partial charge >= 0.3 is 0 Å². The molecule has 1 aliphatic heterocycles. The van der Waals surface area contributed by atoms with E-state index in [1.807, 2.05) is 11.8 Å². The largest absolute Gasteiger partial charge is 0.339 e. The quantitative estimate of drug-likeness (QED) is 0.671. The van der Waals surface area contributed by atoms with Crippen LogP contribution in [0.2, 0.25) is 0 Å². The molecule has 110 valence electrons. The molecule has 1 atom stereocenters. The second kappa shape index (κ2) is 5.42. The number of hydrogen-bond acceptors (Lipinski definition) is 2. The zero-order chi connectivity index (χ0) is 15.0.